The first-order chi connectivity index (χ1) is 15.2. The van der Waals surface area contributed by atoms with E-state index in [1.54, 1.807) is 0 Å². The average molecular weight is 401 g/mol. The Labute approximate surface area is 178 Å². The molecule has 5 N–H and O–H groups in total. The van der Waals surface area contributed by atoms with Gasteiger partial charge in [-0.15, -0.1) is 0 Å². The summed E-state index contributed by atoms with van der Waals surface area (Å²) in [4.78, 5) is 9.63. The molecule has 148 valence electrons. The van der Waals surface area contributed by atoms with E-state index in [1.165, 1.54) is 0 Å². The van der Waals surface area contributed by atoms with Crippen LogP contribution in [0.1, 0.15) is 0 Å². The van der Waals surface area contributed by atoms with E-state index in [1.807, 2.05) is 66.7 Å². The van der Waals surface area contributed by atoms with Gasteiger partial charge in [0, 0.05) is 38.6 Å². The minimum atomic E-state index is 0.676. The molecular formula is C26H19N5. The van der Waals surface area contributed by atoms with Gasteiger partial charge in [-0.05, 0) is 60.7 Å². The fraction of sp³-hybridized carbons (Fsp3) is 0. The van der Waals surface area contributed by atoms with Crippen LogP contribution in [0.5, 0.6) is 0 Å². The molecule has 4 aromatic carbocycles. The molecule has 0 unspecified atom stereocenters. The fourth-order valence-electron chi connectivity index (χ4n) is 4.16. The molecule has 0 atom stereocenters. The second-order valence-corrected chi connectivity index (χ2v) is 7.72. The van der Waals surface area contributed by atoms with Crippen molar-refractivity contribution in [1.82, 2.24) is 9.97 Å². The first-order valence-corrected chi connectivity index (χ1v) is 10.1. The zero-order valence-electron chi connectivity index (χ0n) is 16.6. The molecule has 0 bridgehead atoms. The van der Waals surface area contributed by atoms with Crippen molar-refractivity contribution in [2.45, 2.75) is 0 Å². The summed E-state index contributed by atoms with van der Waals surface area (Å²) in [6.07, 6.45) is 0. The summed E-state index contributed by atoms with van der Waals surface area (Å²) in [5.74, 6) is 0. The van der Waals surface area contributed by atoms with Crippen molar-refractivity contribution in [3.05, 3.63) is 84.9 Å². The van der Waals surface area contributed by atoms with Crippen LogP contribution in [0.4, 0.5) is 22.7 Å². The number of hydrogen-bond donors (Lipinski definition) is 3. The van der Waals surface area contributed by atoms with Crippen molar-refractivity contribution in [3.8, 4) is 0 Å². The van der Waals surface area contributed by atoms with Gasteiger partial charge in [0.1, 0.15) is 0 Å². The largest absolute Gasteiger partial charge is 0.399 e. The molecule has 0 aliphatic carbocycles. The third kappa shape index (κ3) is 2.87. The standard InChI is InChI=1S/C26H19N5/c27-16-8-10-18-24(13-16)30-25-14-17(28)9-11-19(25)26(18)31-23-7-3-6-22-20(23)12-15-4-1-2-5-21(15)29-22/h1-14H,27-28H2,(H,30,31). The number of nitrogen functional groups attached to an aromatic ring is 2. The van der Waals surface area contributed by atoms with Gasteiger partial charge in [-0.25, -0.2) is 9.97 Å². The highest BCUT2D eigenvalue weighted by Crippen LogP contribution is 2.36. The molecule has 5 heteroatoms. The molecule has 0 spiro atoms. The highest BCUT2D eigenvalue weighted by molar-refractivity contribution is 6.11. The maximum atomic E-state index is 6.03. The number of anilines is 4. The Morgan fingerprint density at radius 2 is 1.19 bits per heavy atom. The lowest BCUT2D eigenvalue weighted by molar-refractivity contribution is 1.48. The number of nitrogens with one attached hydrogen (secondary N) is 1. The second kappa shape index (κ2) is 6.57. The molecule has 6 rings (SSSR count). The fourth-order valence-corrected chi connectivity index (χ4v) is 4.16. The predicted molar refractivity (Wildman–Crippen MR) is 131 cm³/mol. The molecule has 0 fully saturated rings. The summed E-state index contributed by atoms with van der Waals surface area (Å²) in [5.41, 5.74) is 19.0. The minimum Gasteiger partial charge on any atom is -0.399 e. The molecule has 0 saturated heterocycles. The van der Waals surface area contributed by atoms with Crippen LogP contribution in [0, 0.1) is 0 Å². The third-order valence-corrected chi connectivity index (χ3v) is 5.64. The van der Waals surface area contributed by atoms with Crippen molar-refractivity contribution >= 4 is 66.4 Å². The number of benzene rings is 4. The molecule has 0 aliphatic rings. The van der Waals surface area contributed by atoms with Crippen LogP contribution < -0.4 is 16.8 Å². The summed E-state index contributed by atoms with van der Waals surface area (Å²) >= 11 is 0. The smallest absolute Gasteiger partial charge is 0.0751 e. The molecule has 2 heterocycles. The van der Waals surface area contributed by atoms with Crippen LogP contribution in [0.15, 0.2) is 84.9 Å². The van der Waals surface area contributed by atoms with E-state index in [-0.39, 0.29) is 0 Å². The monoisotopic (exact) mass is 401 g/mol. The molecular weight excluding hydrogens is 382 g/mol. The van der Waals surface area contributed by atoms with Gasteiger partial charge in [0.25, 0.3) is 0 Å². The Balaban J connectivity index is 1.63. The third-order valence-electron chi connectivity index (χ3n) is 5.64. The van der Waals surface area contributed by atoms with E-state index in [4.69, 9.17) is 21.4 Å². The molecule has 0 aliphatic heterocycles. The SMILES string of the molecule is Nc1ccc2c(Nc3cccc4nc5ccccc5cc34)c3ccc(N)cc3nc2c1. The number of hydrogen-bond acceptors (Lipinski definition) is 5. The molecule has 0 amide bonds. The zero-order chi connectivity index (χ0) is 20.9. The van der Waals surface area contributed by atoms with Gasteiger partial charge >= 0.3 is 0 Å². The van der Waals surface area contributed by atoms with Crippen molar-refractivity contribution in [2.75, 3.05) is 16.8 Å². The lowest BCUT2D eigenvalue weighted by Crippen LogP contribution is -1.98. The van der Waals surface area contributed by atoms with Gasteiger partial charge in [0.05, 0.1) is 27.8 Å². The van der Waals surface area contributed by atoms with E-state index in [2.05, 4.69) is 23.5 Å². The summed E-state index contributed by atoms with van der Waals surface area (Å²) < 4.78 is 0. The van der Waals surface area contributed by atoms with Crippen LogP contribution in [0.3, 0.4) is 0 Å². The number of nitrogens with two attached hydrogens (primary N) is 2. The molecule has 6 aromatic rings. The lowest BCUT2D eigenvalue weighted by Gasteiger charge is -2.16. The van der Waals surface area contributed by atoms with Crippen LogP contribution in [-0.4, -0.2) is 9.97 Å². The highest BCUT2D eigenvalue weighted by atomic mass is 14.9. The Morgan fingerprint density at radius 1 is 0.548 bits per heavy atom. The first-order valence-electron chi connectivity index (χ1n) is 10.1. The van der Waals surface area contributed by atoms with Gasteiger partial charge in [-0.1, -0.05) is 24.3 Å². The zero-order valence-corrected chi connectivity index (χ0v) is 16.6. The van der Waals surface area contributed by atoms with Crippen LogP contribution in [0.2, 0.25) is 0 Å². The molecule has 31 heavy (non-hydrogen) atoms. The highest BCUT2D eigenvalue weighted by Gasteiger charge is 2.12. The van der Waals surface area contributed by atoms with Crippen molar-refractivity contribution in [3.63, 3.8) is 0 Å². The van der Waals surface area contributed by atoms with Gasteiger partial charge in [0.2, 0.25) is 0 Å². The van der Waals surface area contributed by atoms with Crippen molar-refractivity contribution in [1.29, 1.82) is 0 Å². The number of pyridine rings is 2. The number of fused-ring (bicyclic) bond motifs is 4. The summed E-state index contributed by atoms with van der Waals surface area (Å²) in [7, 11) is 0. The van der Waals surface area contributed by atoms with Gasteiger partial charge in [-0.2, -0.15) is 0 Å². The molecule has 0 saturated carbocycles. The Kier molecular flexibility index (Phi) is 3.70. The molecule has 5 nitrogen and oxygen atoms in total. The van der Waals surface area contributed by atoms with Crippen molar-refractivity contribution in [2.24, 2.45) is 0 Å². The predicted octanol–water partition coefficient (Wildman–Crippen LogP) is 6.00. The number of nitrogens with zero attached hydrogens (tertiary/aromatic N) is 2. The Bertz CT molecular complexity index is 1580. The summed E-state index contributed by atoms with van der Waals surface area (Å²) in [5, 5.41) is 7.84. The Morgan fingerprint density at radius 3 is 1.94 bits per heavy atom. The van der Waals surface area contributed by atoms with Crippen LogP contribution >= 0.6 is 0 Å². The maximum absolute atomic E-state index is 6.03. The molecule has 2 aromatic heterocycles. The van der Waals surface area contributed by atoms with E-state index >= 15 is 0 Å². The normalized spacial score (nSPS) is 11.5. The maximum Gasteiger partial charge on any atom is 0.0751 e. The second-order valence-electron chi connectivity index (χ2n) is 7.72. The quantitative estimate of drug-likeness (QED) is 0.245. The lowest BCUT2D eigenvalue weighted by atomic mass is 10.0. The summed E-state index contributed by atoms with van der Waals surface area (Å²) in [6.45, 7) is 0. The first kappa shape index (κ1) is 17.5. The van der Waals surface area contributed by atoms with E-state index < -0.39 is 0 Å². The van der Waals surface area contributed by atoms with E-state index in [0.29, 0.717) is 11.4 Å². The summed E-state index contributed by atoms with van der Waals surface area (Å²) in [6, 6.07) is 28.1. The number of aromatic nitrogens is 2. The minimum absolute atomic E-state index is 0.676. The molecule has 0 radical (unpaired) electrons. The van der Waals surface area contributed by atoms with Gasteiger partial charge < -0.3 is 16.8 Å². The van der Waals surface area contributed by atoms with E-state index in [9.17, 15) is 0 Å². The van der Waals surface area contributed by atoms with E-state index in [0.717, 1.165) is 55.0 Å². The number of para-hydroxylation sites is 1. The van der Waals surface area contributed by atoms with Crippen LogP contribution in [-0.2, 0) is 0 Å². The van der Waals surface area contributed by atoms with Gasteiger partial charge in [0.15, 0.2) is 0 Å². The van der Waals surface area contributed by atoms with Crippen molar-refractivity contribution < 1.29 is 0 Å². The van der Waals surface area contributed by atoms with Crippen LogP contribution in [0.25, 0.3) is 43.6 Å². The number of rotatable bonds is 2. The Hall–Kier alpha value is -4.38. The van der Waals surface area contributed by atoms with Gasteiger partial charge in [-0.3, -0.25) is 0 Å². The average Bonchev–Trinajstić information content (AvgIpc) is 2.77. The topological polar surface area (TPSA) is 89.8 Å².